The fraction of sp³-hybridized carbons (Fsp3) is 1.00. The molecule has 7 heavy (non-hydrogen) atoms. The van der Waals surface area contributed by atoms with Gasteiger partial charge in [-0.1, -0.05) is 0 Å². The van der Waals surface area contributed by atoms with Crippen molar-refractivity contribution in [3.8, 4) is 0 Å². The van der Waals surface area contributed by atoms with Gasteiger partial charge < -0.3 is 0 Å². The summed E-state index contributed by atoms with van der Waals surface area (Å²) in [5, 5.41) is 1.59. The molecule has 42 valence electrons. The molecule has 0 amide bonds. The van der Waals surface area contributed by atoms with E-state index in [9.17, 15) is 0 Å². The molecule has 1 saturated heterocycles. The van der Waals surface area contributed by atoms with Crippen LogP contribution in [0, 0.1) is 0 Å². The number of hydrogen-bond donors (Lipinski definition) is 0. The van der Waals surface area contributed by atoms with Crippen molar-refractivity contribution in [1.29, 1.82) is 0 Å². The predicted molar refractivity (Wildman–Crippen MR) is 36.3 cm³/mol. The van der Waals surface area contributed by atoms with E-state index in [-0.39, 0.29) is 0 Å². The Kier molecular flexibility index (Phi) is 0.889. The van der Waals surface area contributed by atoms with Crippen LogP contribution in [0.15, 0.2) is 0 Å². The van der Waals surface area contributed by atoms with Gasteiger partial charge in [-0.2, -0.15) is 0 Å². The molecule has 1 heterocycles. The fourth-order valence-corrected chi connectivity index (χ4v) is 9.37. The van der Waals surface area contributed by atoms with Gasteiger partial charge in [-0.3, -0.25) is 0 Å². The van der Waals surface area contributed by atoms with Crippen LogP contribution < -0.4 is 0 Å². The topological polar surface area (TPSA) is 0 Å². The van der Waals surface area contributed by atoms with E-state index in [0.717, 1.165) is 4.25 Å². The summed E-state index contributed by atoms with van der Waals surface area (Å²) in [6, 6.07) is 0. The summed E-state index contributed by atoms with van der Waals surface area (Å²) in [5.41, 5.74) is 0. The van der Waals surface area contributed by atoms with Gasteiger partial charge in [-0.15, -0.1) is 0 Å². The molecule has 0 bridgehead atoms. The molecule has 1 rings (SSSR count). The Balaban J connectivity index is 2.59. The van der Waals surface area contributed by atoms with Crippen LogP contribution in [-0.2, 0) is 0 Å². The molecular weight excluding hydrogens is 145 g/mol. The third-order valence-corrected chi connectivity index (χ3v) is 13.5. The maximum absolute atomic E-state index is 2.51. The van der Waals surface area contributed by atoms with Gasteiger partial charge in [0.25, 0.3) is 0 Å². The summed E-state index contributed by atoms with van der Waals surface area (Å²) < 4.78 is 0.833. The number of rotatable bonds is 0. The van der Waals surface area contributed by atoms with Crippen LogP contribution in [0.2, 0.25) is 21.0 Å². The van der Waals surface area contributed by atoms with Crippen LogP contribution in [0.4, 0.5) is 0 Å². The molecule has 0 aromatic heterocycles. The van der Waals surface area contributed by atoms with Crippen LogP contribution in [-0.4, -0.2) is 13.3 Å². The van der Waals surface area contributed by atoms with Crippen molar-refractivity contribution in [3.63, 3.8) is 0 Å². The molecular formula is C6H14Ge. The van der Waals surface area contributed by atoms with Crippen molar-refractivity contribution in [2.45, 2.75) is 34.9 Å². The Hall–Kier alpha value is 0.543. The average molecular weight is 159 g/mol. The van der Waals surface area contributed by atoms with Crippen molar-refractivity contribution < 1.29 is 0 Å². The molecule has 0 radical (unpaired) electrons. The summed E-state index contributed by atoms with van der Waals surface area (Å²) >= 11 is -1.02. The second kappa shape index (κ2) is 1.10. The van der Waals surface area contributed by atoms with E-state index < -0.39 is 13.3 Å². The SMILES string of the molecule is C[C]1(C)[CH2][Ge]1([CH3])[CH3]. The van der Waals surface area contributed by atoms with E-state index in [4.69, 9.17) is 0 Å². The molecule has 1 aliphatic heterocycles. The maximum atomic E-state index is 2.51. The zero-order valence-electron chi connectivity index (χ0n) is 5.71. The molecule has 0 atom stereocenters. The van der Waals surface area contributed by atoms with Crippen LogP contribution in [0.3, 0.4) is 0 Å². The molecule has 0 unspecified atom stereocenters. The van der Waals surface area contributed by atoms with E-state index in [1.54, 1.807) is 5.25 Å². The molecule has 0 aliphatic carbocycles. The van der Waals surface area contributed by atoms with Crippen LogP contribution in [0.1, 0.15) is 13.8 Å². The first-order valence-corrected chi connectivity index (χ1v) is 9.69. The molecule has 0 N–H and O–H groups in total. The van der Waals surface area contributed by atoms with E-state index in [2.05, 4.69) is 25.4 Å². The Bertz CT molecular complexity index is 80.4. The van der Waals surface area contributed by atoms with Gasteiger partial charge >= 0.3 is 48.1 Å². The Labute approximate surface area is 48.7 Å². The average Bonchev–Trinajstić information content (AvgIpc) is 1.63. The Morgan fingerprint density at radius 3 is 1.43 bits per heavy atom. The quantitative estimate of drug-likeness (QED) is 0.476. The van der Waals surface area contributed by atoms with E-state index >= 15 is 0 Å². The van der Waals surface area contributed by atoms with E-state index in [0.29, 0.717) is 0 Å². The third kappa shape index (κ3) is 0.736. The van der Waals surface area contributed by atoms with Crippen LogP contribution in [0.25, 0.3) is 0 Å². The predicted octanol–water partition coefficient (Wildman–Crippen LogP) is 2.49. The first-order chi connectivity index (χ1) is 2.96. The van der Waals surface area contributed by atoms with Crippen molar-refractivity contribution in [2.24, 2.45) is 0 Å². The van der Waals surface area contributed by atoms with Crippen molar-refractivity contribution in [1.82, 2.24) is 0 Å². The summed E-state index contributed by atoms with van der Waals surface area (Å²) in [6.45, 7) is 4.82. The summed E-state index contributed by atoms with van der Waals surface area (Å²) in [5.74, 6) is 5.03. The Morgan fingerprint density at radius 2 is 1.43 bits per heavy atom. The summed E-state index contributed by atoms with van der Waals surface area (Å²) in [7, 11) is 0. The van der Waals surface area contributed by atoms with Gasteiger partial charge in [-0.25, -0.2) is 0 Å². The zero-order valence-corrected chi connectivity index (χ0v) is 7.81. The van der Waals surface area contributed by atoms with Crippen LogP contribution >= 0.6 is 0 Å². The molecule has 1 fully saturated rings. The van der Waals surface area contributed by atoms with E-state index in [1.165, 1.54) is 0 Å². The number of hydrogen-bond acceptors (Lipinski definition) is 0. The fourth-order valence-electron chi connectivity index (χ4n) is 1.06. The van der Waals surface area contributed by atoms with Gasteiger partial charge in [0, 0.05) is 0 Å². The van der Waals surface area contributed by atoms with Gasteiger partial charge in [0.15, 0.2) is 0 Å². The van der Waals surface area contributed by atoms with Crippen LogP contribution in [0.5, 0.6) is 0 Å². The second-order valence-corrected chi connectivity index (χ2v) is 15.4. The van der Waals surface area contributed by atoms with Gasteiger partial charge in [0.2, 0.25) is 0 Å². The van der Waals surface area contributed by atoms with Crippen molar-refractivity contribution in [3.05, 3.63) is 0 Å². The molecule has 1 aliphatic rings. The van der Waals surface area contributed by atoms with Gasteiger partial charge in [0.1, 0.15) is 0 Å². The first-order valence-electron chi connectivity index (χ1n) is 2.96. The monoisotopic (exact) mass is 160 g/mol. The minimum atomic E-state index is -1.02. The molecule has 1 heteroatoms. The Morgan fingerprint density at radius 1 is 1.29 bits per heavy atom. The molecule has 0 saturated carbocycles. The standard InChI is InChI=1S/C6H14Ge/c1-6(2)5-7(6,3)4/h5H2,1-4H3. The van der Waals surface area contributed by atoms with E-state index in [1.807, 2.05) is 0 Å². The third-order valence-electron chi connectivity index (χ3n) is 2.59. The van der Waals surface area contributed by atoms with Gasteiger partial charge in [-0.05, 0) is 0 Å². The summed E-state index contributed by atoms with van der Waals surface area (Å²) in [4.78, 5) is 0. The summed E-state index contributed by atoms with van der Waals surface area (Å²) in [6.07, 6.45) is 0. The second-order valence-electron chi connectivity index (χ2n) is 3.94. The molecule has 0 nitrogen and oxygen atoms in total. The van der Waals surface area contributed by atoms with Gasteiger partial charge in [0.05, 0.1) is 0 Å². The first kappa shape index (κ1) is 5.68. The normalized spacial score (nSPS) is 32.6. The van der Waals surface area contributed by atoms with Crippen molar-refractivity contribution in [2.75, 3.05) is 0 Å². The molecule has 0 spiro atoms. The zero-order chi connectivity index (χ0) is 5.71. The van der Waals surface area contributed by atoms with Crippen molar-refractivity contribution >= 4 is 13.3 Å². The minimum absolute atomic E-state index is 0.833. The molecule has 0 aromatic rings. The molecule has 0 aromatic carbocycles.